The monoisotopic (exact) mass is 345 g/mol. The Morgan fingerprint density at radius 2 is 1.76 bits per heavy atom. The summed E-state index contributed by atoms with van der Waals surface area (Å²) in [4.78, 5) is 35.6. The summed E-state index contributed by atoms with van der Waals surface area (Å²) in [5.41, 5.74) is 1.09. The van der Waals surface area contributed by atoms with Crippen LogP contribution in [0.3, 0.4) is 0 Å². The molecule has 1 aromatic rings. The molecule has 6 nitrogen and oxygen atoms in total. The summed E-state index contributed by atoms with van der Waals surface area (Å²) in [6, 6.07) is 6.79. The lowest BCUT2D eigenvalue weighted by Gasteiger charge is -2.29. The minimum atomic E-state index is -0.629. The third-order valence-electron chi connectivity index (χ3n) is 3.63. The Kier molecular flexibility index (Phi) is 5.30. The molecule has 1 amide bonds. The van der Waals surface area contributed by atoms with Gasteiger partial charge in [0.25, 0.3) is 0 Å². The number of carbonyl (C=O) groups excluding carboxylic acids is 3. The van der Waals surface area contributed by atoms with Crippen LogP contribution >= 0.6 is 0 Å². The summed E-state index contributed by atoms with van der Waals surface area (Å²) in [5, 5.41) is 2.70. The van der Waals surface area contributed by atoms with Gasteiger partial charge in [-0.2, -0.15) is 0 Å². The lowest BCUT2D eigenvalue weighted by Crippen LogP contribution is -2.36. The molecule has 0 aliphatic carbocycles. The largest absolute Gasteiger partial charge is 0.457 e. The van der Waals surface area contributed by atoms with E-state index in [2.05, 4.69) is 5.32 Å². The van der Waals surface area contributed by atoms with E-state index < -0.39 is 23.5 Å². The number of nitrogens with one attached hydrogen (secondary N) is 1. The third-order valence-corrected chi connectivity index (χ3v) is 3.63. The first-order chi connectivity index (χ1) is 11.6. The molecule has 1 heterocycles. The van der Waals surface area contributed by atoms with Crippen molar-refractivity contribution in [3.63, 3.8) is 0 Å². The molecule has 25 heavy (non-hydrogen) atoms. The van der Waals surface area contributed by atoms with E-state index in [0.717, 1.165) is 5.56 Å². The van der Waals surface area contributed by atoms with Crippen molar-refractivity contribution >= 4 is 17.8 Å². The molecule has 0 aromatic heterocycles. The summed E-state index contributed by atoms with van der Waals surface area (Å²) >= 11 is 0. The van der Waals surface area contributed by atoms with Crippen LogP contribution in [0.2, 0.25) is 0 Å². The first-order valence-corrected chi connectivity index (χ1v) is 8.09. The molecule has 1 atom stereocenters. The Hall–Kier alpha value is -2.63. The molecular weight excluding hydrogens is 322 g/mol. The average molecular weight is 345 g/mol. The maximum Gasteiger partial charge on any atom is 0.336 e. The second kappa shape index (κ2) is 7.09. The van der Waals surface area contributed by atoms with Crippen molar-refractivity contribution in [1.82, 2.24) is 5.32 Å². The Bertz CT molecular complexity index is 725. The standard InChI is InChI=1S/C19H23NO5/c1-11-17(18(23)25-19(3,4)5)15(10-16(22)20-11)13-6-8-14(9-7-13)24-12(2)21/h6-9,15H,10H2,1-5H3,(H,20,22). The van der Waals surface area contributed by atoms with Gasteiger partial charge in [0.2, 0.25) is 5.91 Å². The number of benzene rings is 1. The molecule has 2 rings (SSSR count). The first-order valence-electron chi connectivity index (χ1n) is 8.09. The summed E-state index contributed by atoms with van der Waals surface area (Å²) in [6.45, 7) is 8.41. The van der Waals surface area contributed by atoms with E-state index in [9.17, 15) is 14.4 Å². The molecule has 0 radical (unpaired) electrons. The van der Waals surface area contributed by atoms with Gasteiger partial charge in [-0.1, -0.05) is 12.1 Å². The fourth-order valence-electron chi connectivity index (χ4n) is 2.72. The molecule has 1 N–H and O–H groups in total. The Morgan fingerprint density at radius 1 is 1.16 bits per heavy atom. The number of hydrogen-bond acceptors (Lipinski definition) is 5. The van der Waals surface area contributed by atoms with Gasteiger partial charge in [-0.3, -0.25) is 9.59 Å². The molecular formula is C19H23NO5. The predicted octanol–water partition coefficient (Wildman–Crippen LogP) is 2.83. The average Bonchev–Trinajstić information content (AvgIpc) is 2.44. The third kappa shape index (κ3) is 4.92. The van der Waals surface area contributed by atoms with Gasteiger partial charge in [0.1, 0.15) is 11.4 Å². The number of carbonyl (C=O) groups is 3. The van der Waals surface area contributed by atoms with Gasteiger partial charge in [-0.05, 0) is 45.4 Å². The second-order valence-corrected chi connectivity index (χ2v) is 7.01. The van der Waals surface area contributed by atoms with Crippen LogP contribution in [0.25, 0.3) is 0 Å². The van der Waals surface area contributed by atoms with E-state index in [1.54, 1.807) is 52.0 Å². The molecule has 0 fully saturated rings. The molecule has 1 aliphatic heterocycles. The zero-order valence-corrected chi connectivity index (χ0v) is 15.1. The highest BCUT2D eigenvalue weighted by molar-refractivity contribution is 5.96. The van der Waals surface area contributed by atoms with Crippen molar-refractivity contribution in [2.45, 2.75) is 52.6 Å². The van der Waals surface area contributed by atoms with Gasteiger partial charge in [-0.15, -0.1) is 0 Å². The zero-order chi connectivity index (χ0) is 18.8. The van der Waals surface area contributed by atoms with Gasteiger partial charge in [0.05, 0.1) is 5.57 Å². The number of hydrogen-bond donors (Lipinski definition) is 1. The molecule has 6 heteroatoms. The summed E-state index contributed by atoms with van der Waals surface area (Å²) < 4.78 is 10.5. The topological polar surface area (TPSA) is 81.7 Å². The van der Waals surface area contributed by atoms with Crippen LogP contribution in [0.15, 0.2) is 35.5 Å². The molecule has 1 aliphatic rings. The highest BCUT2D eigenvalue weighted by atomic mass is 16.6. The molecule has 0 bridgehead atoms. The van der Waals surface area contributed by atoms with Gasteiger partial charge < -0.3 is 14.8 Å². The smallest absolute Gasteiger partial charge is 0.336 e. The molecule has 134 valence electrons. The number of rotatable bonds is 3. The minimum absolute atomic E-state index is 0.152. The first kappa shape index (κ1) is 18.7. The molecule has 0 spiro atoms. The van der Waals surface area contributed by atoms with Crippen molar-refractivity contribution in [3.8, 4) is 5.75 Å². The zero-order valence-electron chi connectivity index (χ0n) is 15.1. The highest BCUT2D eigenvalue weighted by Gasteiger charge is 2.34. The maximum atomic E-state index is 12.6. The lowest BCUT2D eigenvalue weighted by molar-refractivity contribution is -0.150. The Labute approximate surface area is 147 Å². The van der Waals surface area contributed by atoms with Gasteiger partial charge in [-0.25, -0.2) is 4.79 Å². The highest BCUT2D eigenvalue weighted by Crippen LogP contribution is 2.35. The van der Waals surface area contributed by atoms with Crippen molar-refractivity contribution < 1.29 is 23.9 Å². The Morgan fingerprint density at radius 3 is 2.28 bits per heavy atom. The maximum absolute atomic E-state index is 12.6. The van der Waals surface area contributed by atoms with Gasteiger partial charge >= 0.3 is 11.9 Å². The van der Waals surface area contributed by atoms with Crippen LogP contribution in [-0.4, -0.2) is 23.4 Å². The van der Waals surface area contributed by atoms with Crippen molar-refractivity contribution in [1.29, 1.82) is 0 Å². The van der Waals surface area contributed by atoms with Crippen LogP contribution in [0.4, 0.5) is 0 Å². The Balaban J connectivity index is 2.35. The van der Waals surface area contributed by atoms with Crippen molar-refractivity contribution in [2.24, 2.45) is 0 Å². The minimum Gasteiger partial charge on any atom is -0.457 e. The summed E-state index contributed by atoms with van der Waals surface area (Å²) in [5.74, 6) is -1.00. The van der Waals surface area contributed by atoms with Crippen LogP contribution in [0.5, 0.6) is 5.75 Å². The number of ether oxygens (including phenoxy) is 2. The van der Waals surface area contributed by atoms with Crippen LogP contribution in [0.1, 0.15) is 52.5 Å². The lowest BCUT2D eigenvalue weighted by atomic mass is 9.84. The second-order valence-electron chi connectivity index (χ2n) is 7.01. The van der Waals surface area contributed by atoms with Gasteiger partial charge in [0.15, 0.2) is 0 Å². The SMILES string of the molecule is CC(=O)Oc1ccc(C2CC(=O)NC(C)=C2C(=O)OC(C)(C)C)cc1. The van der Waals surface area contributed by atoms with E-state index in [0.29, 0.717) is 17.0 Å². The summed E-state index contributed by atoms with van der Waals surface area (Å²) in [6.07, 6.45) is 0.152. The van der Waals surface area contributed by atoms with Gasteiger partial charge in [0, 0.05) is 25.0 Å². The van der Waals surface area contributed by atoms with Crippen molar-refractivity contribution in [2.75, 3.05) is 0 Å². The summed E-state index contributed by atoms with van der Waals surface area (Å²) in [7, 11) is 0. The fourth-order valence-corrected chi connectivity index (χ4v) is 2.72. The number of esters is 2. The molecule has 1 aromatic carbocycles. The van der Waals surface area contributed by atoms with E-state index in [-0.39, 0.29) is 12.3 Å². The van der Waals surface area contributed by atoms with Crippen LogP contribution in [-0.2, 0) is 19.1 Å². The van der Waals surface area contributed by atoms with Crippen molar-refractivity contribution in [3.05, 3.63) is 41.1 Å². The van der Waals surface area contributed by atoms with E-state index in [4.69, 9.17) is 9.47 Å². The van der Waals surface area contributed by atoms with E-state index in [1.165, 1.54) is 6.92 Å². The van der Waals surface area contributed by atoms with Crippen LogP contribution < -0.4 is 10.1 Å². The van der Waals surface area contributed by atoms with E-state index >= 15 is 0 Å². The normalized spacial score (nSPS) is 17.8. The quantitative estimate of drug-likeness (QED) is 0.673. The molecule has 0 saturated carbocycles. The van der Waals surface area contributed by atoms with Crippen LogP contribution in [0, 0.1) is 0 Å². The predicted molar refractivity (Wildman–Crippen MR) is 91.8 cm³/mol. The number of amides is 1. The molecule has 0 saturated heterocycles. The molecule has 1 unspecified atom stereocenters. The number of allylic oxidation sites excluding steroid dienone is 1. The fraction of sp³-hybridized carbons (Fsp3) is 0.421. The van der Waals surface area contributed by atoms with E-state index in [1.807, 2.05) is 0 Å².